The predicted molar refractivity (Wildman–Crippen MR) is 127 cm³/mol. The average molecular weight is 466 g/mol. The van der Waals surface area contributed by atoms with Gasteiger partial charge in [-0.2, -0.15) is 0 Å². The van der Waals surface area contributed by atoms with E-state index in [1.54, 1.807) is 40.6 Å². The molecule has 178 valence electrons. The molecule has 4 aromatic rings. The largest absolute Gasteiger partial charge is 0.493 e. The maximum absolute atomic E-state index is 13.0. The van der Waals surface area contributed by atoms with E-state index in [4.69, 9.17) is 18.9 Å². The molecule has 4 rings (SSSR count). The summed E-state index contributed by atoms with van der Waals surface area (Å²) >= 11 is 0. The summed E-state index contributed by atoms with van der Waals surface area (Å²) in [5.41, 5.74) is 2.16. The number of amides is 1. The second kappa shape index (κ2) is 9.74. The number of nitrogens with one attached hydrogen (secondary N) is 2. The molecule has 10 nitrogen and oxygen atoms in total. The fourth-order valence-electron chi connectivity index (χ4n) is 3.82. The number of fused-ring (bicyclic) bond motifs is 3. The molecule has 0 aliphatic rings. The molecule has 0 radical (unpaired) electrons. The second-order valence-corrected chi connectivity index (χ2v) is 7.57. The van der Waals surface area contributed by atoms with Gasteiger partial charge in [0, 0.05) is 18.0 Å². The van der Waals surface area contributed by atoms with Gasteiger partial charge in [0.05, 0.1) is 40.3 Å². The summed E-state index contributed by atoms with van der Waals surface area (Å²) in [7, 11) is 6.24. The summed E-state index contributed by atoms with van der Waals surface area (Å²) in [4.78, 5) is 33.0. The Bertz CT molecular complexity index is 1410. The van der Waals surface area contributed by atoms with Gasteiger partial charge in [0.2, 0.25) is 5.91 Å². The van der Waals surface area contributed by atoms with Crippen LogP contribution in [-0.4, -0.2) is 55.4 Å². The van der Waals surface area contributed by atoms with Gasteiger partial charge in [-0.3, -0.25) is 14.2 Å². The van der Waals surface area contributed by atoms with E-state index in [1.807, 2.05) is 18.2 Å². The Hall–Kier alpha value is -4.21. The summed E-state index contributed by atoms with van der Waals surface area (Å²) in [5, 5.41) is 3.57. The first-order chi connectivity index (χ1) is 16.5. The zero-order chi connectivity index (χ0) is 24.2. The van der Waals surface area contributed by atoms with Crippen molar-refractivity contribution in [3.8, 4) is 23.0 Å². The zero-order valence-electron chi connectivity index (χ0n) is 19.4. The first kappa shape index (κ1) is 23.0. The molecule has 2 heterocycles. The molecule has 0 aliphatic carbocycles. The van der Waals surface area contributed by atoms with Crippen LogP contribution < -0.4 is 29.8 Å². The molecule has 34 heavy (non-hydrogen) atoms. The number of nitrogens with zero attached hydrogens (tertiary/aromatic N) is 2. The van der Waals surface area contributed by atoms with Crippen LogP contribution in [0.5, 0.6) is 23.0 Å². The Morgan fingerprint density at radius 3 is 2.35 bits per heavy atom. The molecule has 10 heteroatoms. The van der Waals surface area contributed by atoms with Gasteiger partial charge in [-0.1, -0.05) is 6.07 Å². The van der Waals surface area contributed by atoms with Crippen molar-refractivity contribution in [3.05, 3.63) is 52.6 Å². The van der Waals surface area contributed by atoms with E-state index >= 15 is 0 Å². The molecule has 0 aliphatic heterocycles. The fourth-order valence-corrected chi connectivity index (χ4v) is 3.82. The van der Waals surface area contributed by atoms with E-state index < -0.39 is 0 Å². The number of carbonyl (C=O) groups excluding carboxylic acids is 1. The number of aromatic nitrogens is 3. The molecular formula is C24H26N4O6. The third kappa shape index (κ3) is 4.34. The van der Waals surface area contributed by atoms with Crippen molar-refractivity contribution in [2.75, 3.05) is 35.0 Å². The van der Waals surface area contributed by atoms with Crippen LogP contribution in [0, 0.1) is 0 Å². The van der Waals surface area contributed by atoms with Crippen LogP contribution >= 0.6 is 0 Å². The van der Waals surface area contributed by atoms with Crippen molar-refractivity contribution in [3.63, 3.8) is 0 Å². The zero-order valence-corrected chi connectivity index (χ0v) is 19.4. The van der Waals surface area contributed by atoms with Crippen molar-refractivity contribution < 1.29 is 23.7 Å². The Kier molecular flexibility index (Phi) is 6.58. The molecule has 1 amide bonds. The predicted octanol–water partition coefficient (Wildman–Crippen LogP) is 2.27. The van der Waals surface area contributed by atoms with E-state index in [1.165, 1.54) is 10.9 Å². The number of hydrogen-bond acceptors (Lipinski definition) is 7. The Morgan fingerprint density at radius 2 is 1.65 bits per heavy atom. The summed E-state index contributed by atoms with van der Waals surface area (Å²) in [6.07, 6.45) is 1.98. The highest BCUT2D eigenvalue weighted by Gasteiger charge is 2.16. The van der Waals surface area contributed by atoms with Crippen molar-refractivity contribution in [1.29, 1.82) is 0 Å². The highest BCUT2D eigenvalue weighted by molar-refractivity contribution is 6.05. The van der Waals surface area contributed by atoms with Crippen molar-refractivity contribution in [2.24, 2.45) is 0 Å². The molecule has 0 fully saturated rings. The number of carbonyl (C=O) groups is 1. The molecule has 0 bridgehead atoms. The van der Waals surface area contributed by atoms with Crippen LogP contribution in [-0.2, 0) is 17.8 Å². The highest BCUT2D eigenvalue weighted by atomic mass is 16.5. The van der Waals surface area contributed by atoms with E-state index in [9.17, 15) is 9.59 Å². The molecular weight excluding hydrogens is 440 g/mol. The molecule has 2 N–H and O–H groups in total. The smallest absolute Gasteiger partial charge is 0.278 e. The van der Waals surface area contributed by atoms with Gasteiger partial charge < -0.3 is 29.2 Å². The second-order valence-electron chi connectivity index (χ2n) is 7.57. The number of hydrogen-bond donors (Lipinski definition) is 2. The Labute approximate surface area is 195 Å². The lowest BCUT2D eigenvalue weighted by molar-refractivity contribution is -0.121. The molecule has 0 atom stereocenters. The first-order valence-electron chi connectivity index (χ1n) is 10.6. The third-order valence-corrected chi connectivity index (χ3v) is 5.57. The number of H-pyrrole nitrogens is 1. The van der Waals surface area contributed by atoms with E-state index in [0.29, 0.717) is 52.5 Å². The molecule has 0 saturated carbocycles. The lowest BCUT2D eigenvalue weighted by Gasteiger charge is -2.10. The van der Waals surface area contributed by atoms with E-state index in [2.05, 4.69) is 15.3 Å². The topological polar surface area (TPSA) is 117 Å². The first-order valence-corrected chi connectivity index (χ1v) is 10.6. The SMILES string of the molecule is COc1ccc(CCNC(=O)Cn2cnc3c([nH]c4cc(OC)c(OC)cc43)c2=O)cc1OC. The van der Waals surface area contributed by atoms with Crippen LogP contribution in [0.25, 0.3) is 21.9 Å². The number of aromatic amines is 1. The Balaban J connectivity index is 1.47. The van der Waals surface area contributed by atoms with Crippen LogP contribution in [0.1, 0.15) is 5.56 Å². The highest BCUT2D eigenvalue weighted by Crippen LogP contribution is 2.34. The summed E-state index contributed by atoms with van der Waals surface area (Å²) in [6, 6.07) is 9.12. The van der Waals surface area contributed by atoms with Gasteiger partial charge in [0.1, 0.15) is 17.6 Å². The average Bonchev–Trinajstić information content (AvgIpc) is 3.22. The molecule has 2 aromatic heterocycles. The maximum Gasteiger partial charge on any atom is 0.278 e. The van der Waals surface area contributed by atoms with Crippen molar-refractivity contribution >= 4 is 27.8 Å². The normalized spacial score (nSPS) is 10.9. The molecule has 0 saturated heterocycles. The van der Waals surface area contributed by atoms with Crippen molar-refractivity contribution in [1.82, 2.24) is 19.9 Å². The molecule has 0 unspecified atom stereocenters. The van der Waals surface area contributed by atoms with Gasteiger partial charge in [-0.05, 0) is 30.2 Å². The maximum atomic E-state index is 13.0. The minimum absolute atomic E-state index is 0.143. The molecule has 0 spiro atoms. The van der Waals surface area contributed by atoms with Gasteiger partial charge >= 0.3 is 0 Å². The van der Waals surface area contributed by atoms with Crippen LogP contribution in [0.3, 0.4) is 0 Å². The standard InChI is InChI=1S/C24H26N4O6/c1-31-17-6-5-14(9-18(17)32-2)7-8-25-21(29)12-28-13-26-22-15-10-19(33-3)20(34-4)11-16(15)27-23(22)24(28)30/h5-6,9-11,13,27H,7-8,12H2,1-4H3,(H,25,29). The summed E-state index contributed by atoms with van der Waals surface area (Å²) in [6.45, 7) is 0.264. The number of rotatable bonds is 9. The van der Waals surface area contributed by atoms with Gasteiger partial charge in [-0.15, -0.1) is 0 Å². The number of methoxy groups -OCH3 is 4. The fraction of sp³-hybridized carbons (Fsp3) is 0.292. The minimum Gasteiger partial charge on any atom is -0.493 e. The third-order valence-electron chi connectivity index (χ3n) is 5.57. The summed E-state index contributed by atoms with van der Waals surface area (Å²) in [5.74, 6) is 2.06. The van der Waals surface area contributed by atoms with Crippen LogP contribution in [0.4, 0.5) is 0 Å². The van der Waals surface area contributed by atoms with Crippen LogP contribution in [0.2, 0.25) is 0 Å². The van der Waals surface area contributed by atoms with Crippen LogP contribution in [0.15, 0.2) is 41.5 Å². The number of benzene rings is 2. The van der Waals surface area contributed by atoms with E-state index in [0.717, 1.165) is 10.9 Å². The lowest BCUT2D eigenvalue weighted by Crippen LogP contribution is -2.33. The number of ether oxygens (including phenoxy) is 4. The van der Waals surface area contributed by atoms with Gasteiger partial charge in [0.15, 0.2) is 23.0 Å². The molecule has 2 aromatic carbocycles. The van der Waals surface area contributed by atoms with E-state index in [-0.39, 0.29) is 18.0 Å². The Morgan fingerprint density at radius 1 is 0.971 bits per heavy atom. The summed E-state index contributed by atoms with van der Waals surface area (Å²) < 4.78 is 22.5. The lowest BCUT2D eigenvalue weighted by atomic mass is 10.1. The van der Waals surface area contributed by atoms with Gasteiger partial charge in [-0.25, -0.2) is 4.98 Å². The minimum atomic E-state index is -0.339. The quantitative estimate of drug-likeness (QED) is 0.389. The van der Waals surface area contributed by atoms with Gasteiger partial charge in [0.25, 0.3) is 5.56 Å². The van der Waals surface area contributed by atoms with Crippen molar-refractivity contribution in [2.45, 2.75) is 13.0 Å². The monoisotopic (exact) mass is 466 g/mol.